The zero-order valence-electron chi connectivity index (χ0n) is 9.39. The Bertz CT molecular complexity index is 432. The van der Waals surface area contributed by atoms with Crippen LogP contribution in [-0.4, -0.2) is 23.7 Å². The van der Waals surface area contributed by atoms with Gasteiger partial charge in [-0.2, -0.15) is 0 Å². The van der Waals surface area contributed by atoms with Gasteiger partial charge >= 0.3 is 5.97 Å². The number of hydrogen-bond donors (Lipinski definition) is 2. The topological polar surface area (TPSA) is 72.5 Å². The Kier molecular flexibility index (Phi) is 4.66. The fourth-order valence-electron chi connectivity index (χ4n) is 1.35. The molecule has 1 atom stereocenters. The Morgan fingerprint density at radius 1 is 1.65 bits per heavy atom. The second kappa shape index (κ2) is 6.00. The van der Waals surface area contributed by atoms with Crippen LogP contribution in [0.4, 0.5) is 4.39 Å². The number of benzene rings is 1. The zero-order chi connectivity index (χ0) is 12.8. The lowest BCUT2D eigenvalue weighted by atomic mass is 10.0. The number of phenols is 1. The summed E-state index contributed by atoms with van der Waals surface area (Å²) < 4.78 is 17.5. The fraction of sp³-hybridized carbons (Fsp3) is 0.250. The van der Waals surface area contributed by atoms with Gasteiger partial charge in [-0.25, -0.2) is 9.18 Å². The molecule has 0 saturated heterocycles. The fourth-order valence-corrected chi connectivity index (χ4v) is 1.35. The van der Waals surface area contributed by atoms with Crippen molar-refractivity contribution in [2.45, 2.75) is 13.0 Å². The van der Waals surface area contributed by atoms with Crippen molar-refractivity contribution >= 4 is 11.5 Å². The normalized spacial score (nSPS) is 13.2. The lowest BCUT2D eigenvalue weighted by Gasteiger charge is -2.13. The van der Waals surface area contributed by atoms with Crippen LogP contribution in [0.15, 0.2) is 30.6 Å². The first kappa shape index (κ1) is 13.2. The maximum atomic E-state index is 12.8. The number of halogens is 1. The molecule has 1 aromatic carbocycles. The first-order valence-electron chi connectivity index (χ1n) is 5.12. The first-order chi connectivity index (χ1) is 8.10. The van der Waals surface area contributed by atoms with Gasteiger partial charge in [0.1, 0.15) is 11.8 Å². The van der Waals surface area contributed by atoms with Gasteiger partial charge in [0.05, 0.1) is 12.9 Å². The van der Waals surface area contributed by atoms with Gasteiger partial charge in [-0.15, -0.1) is 0 Å². The van der Waals surface area contributed by atoms with E-state index in [4.69, 9.17) is 10.5 Å². The maximum absolute atomic E-state index is 12.8. The summed E-state index contributed by atoms with van der Waals surface area (Å²) in [5.41, 5.74) is 5.89. The average molecular weight is 239 g/mol. The van der Waals surface area contributed by atoms with Crippen molar-refractivity contribution in [3.8, 4) is 5.75 Å². The van der Waals surface area contributed by atoms with Crippen LogP contribution >= 0.6 is 0 Å². The summed E-state index contributed by atoms with van der Waals surface area (Å²) in [7, 11) is 0. The highest BCUT2D eigenvalue weighted by Gasteiger charge is 2.21. The van der Waals surface area contributed by atoms with E-state index in [-0.39, 0.29) is 24.3 Å². The van der Waals surface area contributed by atoms with Gasteiger partial charge in [-0.3, -0.25) is 0 Å². The van der Waals surface area contributed by atoms with Gasteiger partial charge in [0.15, 0.2) is 0 Å². The van der Waals surface area contributed by atoms with Crippen molar-refractivity contribution in [1.29, 1.82) is 0 Å². The predicted octanol–water partition coefficient (Wildman–Crippen LogP) is 1.59. The number of nitrogens with two attached hydrogens (primary N) is 1. The van der Waals surface area contributed by atoms with Crippen LogP contribution < -0.4 is 5.73 Å². The first-order valence-corrected chi connectivity index (χ1v) is 5.12. The number of carbonyl (C=O) groups is 1. The van der Waals surface area contributed by atoms with Crippen LogP contribution in [-0.2, 0) is 9.53 Å². The summed E-state index contributed by atoms with van der Waals surface area (Å²) in [4.78, 5) is 11.4. The molecule has 0 heterocycles. The second-order valence-corrected chi connectivity index (χ2v) is 3.34. The number of esters is 1. The van der Waals surface area contributed by atoms with Crippen LogP contribution in [0.2, 0.25) is 0 Å². The summed E-state index contributed by atoms with van der Waals surface area (Å²) in [6, 6.07) is 4.64. The van der Waals surface area contributed by atoms with Gasteiger partial charge < -0.3 is 15.6 Å². The zero-order valence-corrected chi connectivity index (χ0v) is 9.39. The highest BCUT2D eigenvalue weighted by atomic mass is 19.1. The summed E-state index contributed by atoms with van der Waals surface area (Å²) in [5.74, 6) is -0.738. The molecule has 0 aliphatic rings. The van der Waals surface area contributed by atoms with Gasteiger partial charge in [-0.05, 0) is 24.6 Å². The van der Waals surface area contributed by atoms with Crippen molar-refractivity contribution in [3.63, 3.8) is 0 Å². The summed E-state index contributed by atoms with van der Waals surface area (Å²) in [6.07, 6.45) is 0.246. The van der Waals surface area contributed by atoms with Crippen LogP contribution in [0.3, 0.4) is 0 Å². The Morgan fingerprint density at radius 2 is 2.35 bits per heavy atom. The van der Waals surface area contributed by atoms with E-state index >= 15 is 0 Å². The van der Waals surface area contributed by atoms with E-state index in [9.17, 15) is 14.3 Å². The van der Waals surface area contributed by atoms with Gasteiger partial charge in [0.2, 0.25) is 0 Å². The highest BCUT2D eigenvalue weighted by Crippen LogP contribution is 2.22. The van der Waals surface area contributed by atoms with Gasteiger partial charge in [0, 0.05) is 5.57 Å². The molecule has 0 bridgehead atoms. The van der Waals surface area contributed by atoms with E-state index in [1.807, 2.05) is 0 Å². The second-order valence-electron chi connectivity index (χ2n) is 3.34. The molecule has 0 fully saturated rings. The third-order valence-corrected chi connectivity index (χ3v) is 2.17. The highest BCUT2D eigenvalue weighted by molar-refractivity contribution is 5.92. The van der Waals surface area contributed by atoms with Crippen molar-refractivity contribution in [1.82, 2.24) is 0 Å². The Balaban J connectivity index is 2.97. The van der Waals surface area contributed by atoms with Crippen LogP contribution in [0, 0.1) is 0 Å². The number of rotatable bonds is 4. The smallest absolute Gasteiger partial charge is 0.327 e. The minimum Gasteiger partial charge on any atom is -0.508 e. The molecule has 0 saturated carbocycles. The van der Waals surface area contributed by atoms with E-state index in [0.717, 1.165) is 0 Å². The van der Waals surface area contributed by atoms with Gasteiger partial charge in [-0.1, -0.05) is 12.1 Å². The minimum atomic E-state index is -1.21. The molecule has 0 aliphatic heterocycles. The molecule has 1 aromatic rings. The van der Waals surface area contributed by atoms with Crippen LogP contribution in [0.5, 0.6) is 5.75 Å². The predicted molar refractivity (Wildman–Crippen MR) is 61.8 cm³/mol. The third-order valence-electron chi connectivity index (χ3n) is 2.17. The van der Waals surface area contributed by atoms with Crippen LogP contribution in [0.1, 0.15) is 12.5 Å². The standard InChI is InChI=1S/C12H14FNO3/c1-2-17-12(16)11(14)10(7-13)8-4-3-5-9(15)6-8/h3-7,11,15H,2,14H2,1H3/b10-7+. The van der Waals surface area contributed by atoms with Gasteiger partial charge in [0.25, 0.3) is 0 Å². The Labute approximate surface area is 98.5 Å². The SMILES string of the molecule is CCOC(=O)C(N)/C(=C/F)c1cccc(O)c1. The Hall–Kier alpha value is -1.88. The quantitative estimate of drug-likeness (QED) is 0.783. The van der Waals surface area contributed by atoms with Crippen molar-refractivity contribution < 1.29 is 19.0 Å². The molecule has 92 valence electrons. The largest absolute Gasteiger partial charge is 0.508 e. The summed E-state index contributed by atoms with van der Waals surface area (Å²) >= 11 is 0. The molecule has 5 heteroatoms. The molecule has 4 nitrogen and oxygen atoms in total. The molecule has 3 N–H and O–H groups in total. The number of hydrogen-bond acceptors (Lipinski definition) is 4. The van der Waals surface area contributed by atoms with E-state index < -0.39 is 12.0 Å². The number of carbonyl (C=O) groups excluding carboxylic acids is 1. The number of phenolic OH excluding ortho intramolecular Hbond substituents is 1. The van der Waals surface area contributed by atoms with E-state index in [1.165, 1.54) is 18.2 Å². The maximum Gasteiger partial charge on any atom is 0.327 e. The van der Waals surface area contributed by atoms with Crippen molar-refractivity contribution in [2.24, 2.45) is 5.73 Å². The molecule has 0 aliphatic carbocycles. The average Bonchev–Trinajstić information content (AvgIpc) is 2.30. The van der Waals surface area contributed by atoms with E-state index in [0.29, 0.717) is 5.56 Å². The molecule has 0 radical (unpaired) electrons. The third kappa shape index (κ3) is 3.29. The minimum absolute atomic E-state index is 0.0284. The lowest BCUT2D eigenvalue weighted by Crippen LogP contribution is -2.33. The molecule has 1 rings (SSSR count). The molecule has 0 amide bonds. The molecular formula is C12H14FNO3. The van der Waals surface area contributed by atoms with Crippen molar-refractivity contribution in [2.75, 3.05) is 6.61 Å². The Morgan fingerprint density at radius 3 is 2.88 bits per heavy atom. The van der Waals surface area contributed by atoms with E-state index in [1.54, 1.807) is 13.0 Å². The number of ether oxygens (including phenoxy) is 1. The summed E-state index contributed by atoms with van der Waals surface area (Å²) in [6.45, 7) is 1.81. The number of aromatic hydroxyl groups is 1. The summed E-state index contributed by atoms with van der Waals surface area (Å²) in [5, 5.41) is 9.27. The molecule has 0 aromatic heterocycles. The molecule has 0 spiro atoms. The molecule has 1 unspecified atom stereocenters. The lowest BCUT2D eigenvalue weighted by molar-refractivity contribution is -0.143. The monoisotopic (exact) mass is 239 g/mol. The molecule has 17 heavy (non-hydrogen) atoms. The van der Waals surface area contributed by atoms with Crippen molar-refractivity contribution in [3.05, 3.63) is 36.2 Å². The van der Waals surface area contributed by atoms with E-state index in [2.05, 4.69) is 0 Å². The molecular weight excluding hydrogens is 225 g/mol. The van der Waals surface area contributed by atoms with Crippen LogP contribution in [0.25, 0.3) is 5.57 Å².